The molecule has 7 nitrogen and oxygen atoms in total. The number of aromatic nitrogens is 2. The molecule has 0 atom stereocenters. The van der Waals surface area contributed by atoms with E-state index in [1.807, 2.05) is 4.90 Å². The number of piperazine rings is 1. The normalized spacial score (nSPS) is 17.7. The highest BCUT2D eigenvalue weighted by Gasteiger charge is 2.34. The van der Waals surface area contributed by atoms with Gasteiger partial charge in [-0.15, -0.1) is 0 Å². The van der Waals surface area contributed by atoms with Crippen LogP contribution in [-0.4, -0.2) is 62.7 Å². The second-order valence-electron chi connectivity index (χ2n) is 8.72. The second kappa shape index (κ2) is 9.66. The molecule has 2 aliphatic rings. The van der Waals surface area contributed by atoms with Gasteiger partial charge in [0, 0.05) is 38.5 Å². The Morgan fingerprint density at radius 1 is 1.11 bits per heavy atom. The average molecular weight is 532 g/mol. The summed E-state index contributed by atoms with van der Waals surface area (Å²) in [4.78, 5) is 32.4. The van der Waals surface area contributed by atoms with Crippen molar-refractivity contribution in [2.45, 2.75) is 19.6 Å². The van der Waals surface area contributed by atoms with E-state index in [4.69, 9.17) is 0 Å². The largest absolute Gasteiger partial charge is 0.416 e. The monoisotopic (exact) mass is 531 g/mol. The fraction of sp³-hybridized carbons (Fsp3) is 0.280. The second-order valence-corrected chi connectivity index (χ2v) is 9.73. The topological polar surface area (TPSA) is 70.8 Å². The van der Waals surface area contributed by atoms with Crippen LogP contribution in [0.4, 0.5) is 17.6 Å². The zero-order valence-electron chi connectivity index (χ0n) is 19.6. The maximum Gasteiger partial charge on any atom is 0.416 e. The van der Waals surface area contributed by atoms with Crippen LogP contribution in [0.1, 0.15) is 23.6 Å². The molecule has 1 aromatic heterocycles. The Hall–Kier alpha value is -3.67. The lowest BCUT2D eigenvalue weighted by Crippen LogP contribution is -2.49. The molecule has 5 rings (SSSR count). The number of carbonyl (C=O) groups is 2. The Morgan fingerprint density at radius 3 is 2.57 bits per heavy atom. The van der Waals surface area contributed by atoms with Crippen LogP contribution in [0.2, 0.25) is 0 Å². The van der Waals surface area contributed by atoms with E-state index >= 15 is 0 Å². The zero-order valence-corrected chi connectivity index (χ0v) is 20.4. The molecule has 12 heteroatoms. The van der Waals surface area contributed by atoms with Gasteiger partial charge < -0.3 is 9.80 Å². The molecular formula is C25H21F4N5O2S. The van der Waals surface area contributed by atoms with Crippen molar-refractivity contribution in [3.63, 3.8) is 0 Å². The van der Waals surface area contributed by atoms with Gasteiger partial charge in [0.2, 0.25) is 5.91 Å². The van der Waals surface area contributed by atoms with E-state index in [0.717, 1.165) is 17.7 Å². The lowest BCUT2D eigenvalue weighted by molar-refractivity contribution is -0.138. The number of amides is 2. The summed E-state index contributed by atoms with van der Waals surface area (Å²) in [5.41, 5.74) is 0.198. The van der Waals surface area contributed by atoms with Gasteiger partial charge in [0.05, 0.1) is 28.7 Å². The zero-order chi connectivity index (χ0) is 26.3. The fourth-order valence-electron chi connectivity index (χ4n) is 4.33. The number of halogens is 4. The first-order valence-electron chi connectivity index (χ1n) is 11.4. The van der Waals surface area contributed by atoms with E-state index in [1.165, 1.54) is 29.6 Å². The number of hydrogen-bond donors (Lipinski definition) is 0. The Kier molecular flexibility index (Phi) is 6.52. The Bertz CT molecular complexity index is 1460. The SMILES string of the molecule is CC(=O)N1CCN(C2=NC(=O)C(=Cc3ccc4c(cnn4Cc4ccc(F)cc4C(F)(F)F)c3)S2)CC1. The van der Waals surface area contributed by atoms with Crippen LogP contribution in [-0.2, 0) is 22.3 Å². The van der Waals surface area contributed by atoms with Gasteiger partial charge in [-0.05, 0) is 53.2 Å². The van der Waals surface area contributed by atoms with E-state index in [0.29, 0.717) is 53.2 Å². The Morgan fingerprint density at radius 2 is 1.86 bits per heavy atom. The molecule has 192 valence electrons. The number of benzene rings is 2. The average Bonchev–Trinajstić information content (AvgIpc) is 3.42. The standard InChI is InChI=1S/C25H21F4N5O2S/c1-15(35)32-6-8-33(9-7-32)24-31-23(36)22(37-24)11-16-2-5-21-18(10-16)13-30-34(21)14-17-3-4-19(26)12-20(17)25(27,28)29/h2-5,10-13H,6-9,14H2,1H3. The maximum atomic E-state index is 13.4. The molecule has 1 fully saturated rings. The minimum absolute atomic E-state index is 0.0227. The van der Waals surface area contributed by atoms with E-state index in [-0.39, 0.29) is 23.9 Å². The molecule has 0 unspecified atom stereocenters. The highest BCUT2D eigenvalue weighted by molar-refractivity contribution is 8.18. The van der Waals surface area contributed by atoms with Crippen LogP contribution in [0.25, 0.3) is 17.0 Å². The highest BCUT2D eigenvalue weighted by Crippen LogP contribution is 2.34. The third-order valence-electron chi connectivity index (χ3n) is 6.27. The van der Waals surface area contributed by atoms with E-state index in [9.17, 15) is 27.2 Å². The first-order valence-corrected chi connectivity index (χ1v) is 12.2. The number of aliphatic imine (C=N–C) groups is 1. The molecule has 3 heterocycles. The van der Waals surface area contributed by atoms with Gasteiger partial charge in [-0.25, -0.2) is 4.39 Å². The summed E-state index contributed by atoms with van der Waals surface area (Å²) >= 11 is 1.27. The molecular weight excluding hydrogens is 510 g/mol. The predicted molar refractivity (Wildman–Crippen MR) is 132 cm³/mol. The minimum Gasteiger partial charge on any atom is -0.347 e. The van der Waals surface area contributed by atoms with Crippen molar-refractivity contribution in [3.05, 3.63) is 70.0 Å². The third kappa shape index (κ3) is 5.24. The summed E-state index contributed by atoms with van der Waals surface area (Å²) in [6.45, 7) is 3.70. The van der Waals surface area contributed by atoms with Crippen molar-refractivity contribution >= 4 is 45.7 Å². The van der Waals surface area contributed by atoms with Crippen molar-refractivity contribution in [2.24, 2.45) is 4.99 Å². The van der Waals surface area contributed by atoms with Crippen LogP contribution in [0.3, 0.4) is 0 Å². The van der Waals surface area contributed by atoms with Gasteiger partial charge in [0.15, 0.2) is 5.17 Å². The number of amidine groups is 1. The summed E-state index contributed by atoms with van der Waals surface area (Å²) in [5.74, 6) is -1.28. The summed E-state index contributed by atoms with van der Waals surface area (Å²) in [6, 6.07) is 7.86. The van der Waals surface area contributed by atoms with Crippen LogP contribution in [0.5, 0.6) is 0 Å². The molecule has 1 saturated heterocycles. The summed E-state index contributed by atoms with van der Waals surface area (Å²) < 4.78 is 55.0. The summed E-state index contributed by atoms with van der Waals surface area (Å²) in [5, 5.41) is 5.51. The number of carbonyl (C=O) groups excluding carboxylic acids is 2. The van der Waals surface area contributed by atoms with Gasteiger partial charge in [-0.3, -0.25) is 14.3 Å². The first-order chi connectivity index (χ1) is 17.6. The fourth-order valence-corrected chi connectivity index (χ4v) is 5.30. The number of fused-ring (bicyclic) bond motifs is 1. The molecule has 37 heavy (non-hydrogen) atoms. The number of nitrogens with zero attached hydrogens (tertiary/aromatic N) is 5. The predicted octanol–water partition coefficient (Wildman–Crippen LogP) is 4.38. The number of rotatable bonds is 3. The number of alkyl halides is 3. The summed E-state index contributed by atoms with van der Waals surface area (Å²) in [7, 11) is 0. The van der Waals surface area contributed by atoms with Crippen molar-refractivity contribution in [2.75, 3.05) is 26.2 Å². The lowest BCUT2D eigenvalue weighted by Gasteiger charge is -2.34. The molecule has 3 aromatic rings. The molecule has 2 aliphatic heterocycles. The molecule has 2 aromatic carbocycles. The van der Waals surface area contributed by atoms with E-state index in [1.54, 1.807) is 29.2 Å². The molecule has 0 radical (unpaired) electrons. The summed E-state index contributed by atoms with van der Waals surface area (Å²) in [6.07, 6.45) is -1.44. The van der Waals surface area contributed by atoms with Gasteiger partial charge in [-0.1, -0.05) is 12.1 Å². The van der Waals surface area contributed by atoms with E-state index < -0.39 is 17.6 Å². The van der Waals surface area contributed by atoms with Gasteiger partial charge in [0.25, 0.3) is 5.91 Å². The van der Waals surface area contributed by atoms with Crippen LogP contribution < -0.4 is 0 Å². The number of thioether (sulfide) groups is 1. The molecule has 2 amide bonds. The first kappa shape index (κ1) is 25.0. The smallest absolute Gasteiger partial charge is 0.347 e. The molecule has 0 bridgehead atoms. The maximum absolute atomic E-state index is 13.4. The quantitative estimate of drug-likeness (QED) is 0.371. The number of hydrogen-bond acceptors (Lipinski definition) is 5. The molecule has 0 saturated carbocycles. The van der Waals surface area contributed by atoms with Crippen molar-refractivity contribution < 1.29 is 27.2 Å². The molecule has 0 spiro atoms. The molecule has 0 aliphatic carbocycles. The van der Waals surface area contributed by atoms with Crippen molar-refractivity contribution in [3.8, 4) is 0 Å². The Labute approximate surface area is 213 Å². The molecule has 0 N–H and O–H groups in total. The van der Waals surface area contributed by atoms with E-state index in [2.05, 4.69) is 10.1 Å². The van der Waals surface area contributed by atoms with Crippen molar-refractivity contribution in [1.82, 2.24) is 19.6 Å². The van der Waals surface area contributed by atoms with Crippen LogP contribution in [0, 0.1) is 5.82 Å². The van der Waals surface area contributed by atoms with Crippen LogP contribution in [0.15, 0.2) is 52.5 Å². The third-order valence-corrected chi connectivity index (χ3v) is 7.31. The van der Waals surface area contributed by atoms with Gasteiger partial charge in [0.1, 0.15) is 5.82 Å². The van der Waals surface area contributed by atoms with Crippen LogP contribution >= 0.6 is 11.8 Å². The Balaban J connectivity index is 1.32. The lowest BCUT2D eigenvalue weighted by atomic mass is 10.1. The minimum atomic E-state index is -4.69. The van der Waals surface area contributed by atoms with Crippen molar-refractivity contribution in [1.29, 1.82) is 0 Å². The van der Waals surface area contributed by atoms with Gasteiger partial charge >= 0.3 is 6.18 Å². The van der Waals surface area contributed by atoms with Gasteiger partial charge in [-0.2, -0.15) is 23.3 Å². The highest BCUT2D eigenvalue weighted by atomic mass is 32.2.